The molecule has 0 aliphatic carbocycles. The smallest absolute Gasteiger partial charge is 0.414 e. The van der Waals surface area contributed by atoms with Gasteiger partial charge in [0.2, 0.25) is 5.95 Å². The summed E-state index contributed by atoms with van der Waals surface area (Å²) in [6, 6.07) is 0. The first-order valence-corrected chi connectivity index (χ1v) is 6.01. The number of H-pyrrole nitrogens is 1. The molecule has 2 aromatic rings. The van der Waals surface area contributed by atoms with Gasteiger partial charge < -0.3 is 4.74 Å². The number of amides is 1. The largest absolute Gasteiger partial charge is 0.444 e. The van der Waals surface area contributed by atoms with E-state index in [2.05, 4.69) is 25.3 Å². The molecule has 0 saturated heterocycles. The highest BCUT2D eigenvalue weighted by atomic mass is 16.6. The fourth-order valence-electron chi connectivity index (χ4n) is 1.45. The lowest BCUT2D eigenvalue weighted by molar-refractivity contribution is 0.0634. The maximum atomic E-state index is 11.8. The van der Waals surface area contributed by atoms with E-state index in [9.17, 15) is 14.4 Å². The molecule has 0 unspecified atom stereocenters. The molecule has 1 amide bonds. The van der Waals surface area contributed by atoms with Crippen LogP contribution in [-0.4, -0.2) is 37.9 Å². The summed E-state index contributed by atoms with van der Waals surface area (Å²) < 4.78 is 5.04. The quantitative estimate of drug-likeness (QED) is 0.786. The Kier molecular flexibility index (Phi) is 3.66. The van der Waals surface area contributed by atoms with E-state index in [1.165, 1.54) is 6.20 Å². The normalized spacial score (nSPS) is 11.2. The van der Waals surface area contributed by atoms with Crippen molar-refractivity contribution in [1.82, 2.24) is 19.9 Å². The lowest BCUT2D eigenvalue weighted by Gasteiger charge is -2.19. The topological polar surface area (TPSA) is 127 Å². The van der Waals surface area contributed by atoms with Gasteiger partial charge in [0.25, 0.3) is 5.56 Å². The molecule has 2 aromatic heterocycles. The molecule has 0 spiro atoms. The minimum Gasteiger partial charge on any atom is -0.444 e. The Morgan fingerprint density at radius 3 is 2.71 bits per heavy atom. The number of aldehydes is 1. The average Bonchev–Trinajstić information content (AvgIpc) is 2.36. The summed E-state index contributed by atoms with van der Waals surface area (Å²) in [5, 5.41) is 2.29. The summed E-state index contributed by atoms with van der Waals surface area (Å²) >= 11 is 0. The summed E-state index contributed by atoms with van der Waals surface area (Å²) in [5.74, 6) is -0.116. The number of aromatic amines is 1. The average molecular weight is 291 g/mol. The van der Waals surface area contributed by atoms with Crippen LogP contribution in [0, 0.1) is 0 Å². The minimum atomic E-state index is -0.762. The van der Waals surface area contributed by atoms with Crippen LogP contribution in [0.25, 0.3) is 11.2 Å². The van der Waals surface area contributed by atoms with Gasteiger partial charge in [-0.25, -0.2) is 14.8 Å². The first-order chi connectivity index (χ1) is 9.78. The number of fused-ring (bicyclic) bond motifs is 1. The van der Waals surface area contributed by atoms with Gasteiger partial charge in [0.15, 0.2) is 17.5 Å². The highest BCUT2D eigenvalue weighted by Gasteiger charge is 2.17. The van der Waals surface area contributed by atoms with E-state index in [1.807, 2.05) is 0 Å². The maximum absolute atomic E-state index is 11.8. The van der Waals surface area contributed by atoms with E-state index in [-0.39, 0.29) is 22.8 Å². The third-order valence-electron chi connectivity index (χ3n) is 2.18. The Morgan fingerprint density at radius 2 is 2.10 bits per heavy atom. The molecule has 2 heterocycles. The monoisotopic (exact) mass is 291 g/mol. The summed E-state index contributed by atoms with van der Waals surface area (Å²) in [6.07, 6.45) is 0.889. The SMILES string of the molecule is CC(C)(C)OC(=O)Nc1nc2ncc(C=O)nc2c(=O)[nH]1. The number of hydrogen-bond donors (Lipinski definition) is 2. The zero-order valence-electron chi connectivity index (χ0n) is 11.6. The fraction of sp³-hybridized carbons (Fsp3) is 0.333. The minimum absolute atomic E-state index is 0.00964. The summed E-state index contributed by atoms with van der Waals surface area (Å²) in [6.45, 7) is 5.11. The third kappa shape index (κ3) is 3.59. The van der Waals surface area contributed by atoms with Crippen LogP contribution in [0.3, 0.4) is 0 Å². The van der Waals surface area contributed by atoms with Crippen molar-refractivity contribution >= 4 is 29.5 Å². The van der Waals surface area contributed by atoms with E-state index in [0.717, 1.165) is 0 Å². The van der Waals surface area contributed by atoms with Crippen LogP contribution in [0.5, 0.6) is 0 Å². The van der Waals surface area contributed by atoms with Crippen molar-refractivity contribution in [1.29, 1.82) is 0 Å². The van der Waals surface area contributed by atoms with Crippen molar-refractivity contribution in [3.63, 3.8) is 0 Å². The Balaban J connectivity index is 2.33. The number of anilines is 1. The van der Waals surface area contributed by atoms with Gasteiger partial charge in [0, 0.05) is 0 Å². The van der Waals surface area contributed by atoms with Crippen molar-refractivity contribution in [2.75, 3.05) is 5.32 Å². The Bertz CT molecular complexity index is 762. The molecule has 110 valence electrons. The summed E-state index contributed by atoms with van der Waals surface area (Å²) in [5.41, 5.74) is -1.37. The van der Waals surface area contributed by atoms with Gasteiger partial charge in [-0.3, -0.25) is 19.9 Å². The first-order valence-electron chi connectivity index (χ1n) is 6.01. The molecule has 0 bridgehead atoms. The van der Waals surface area contributed by atoms with Gasteiger partial charge in [-0.05, 0) is 20.8 Å². The molecule has 0 atom stereocenters. The van der Waals surface area contributed by atoms with Crippen LogP contribution in [0.1, 0.15) is 31.3 Å². The number of ether oxygens (including phenoxy) is 1. The van der Waals surface area contributed by atoms with E-state index in [1.54, 1.807) is 20.8 Å². The number of nitrogens with one attached hydrogen (secondary N) is 2. The van der Waals surface area contributed by atoms with Crippen LogP contribution in [0.4, 0.5) is 10.7 Å². The summed E-state index contributed by atoms with van der Waals surface area (Å²) in [7, 11) is 0. The molecule has 0 fully saturated rings. The molecule has 9 heteroatoms. The number of rotatable bonds is 2. The number of hydrogen-bond acceptors (Lipinski definition) is 7. The molecule has 0 aliphatic rings. The second-order valence-electron chi connectivity index (χ2n) is 5.13. The van der Waals surface area contributed by atoms with Crippen LogP contribution >= 0.6 is 0 Å². The Hall–Kier alpha value is -2.84. The van der Waals surface area contributed by atoms with Gasteiger partial charge in [-0.2, -0.15) is 4.98 Å². The number of carbonyl (C=O) groups excluding carboxylic acids is 2. The second kappa shape index (κ2) is 5.27. The second-order valence-corrected chi connectivity index (χ2v) is 5.13. The molecule has 0 aliphatic heterocycles. The van der Waals surface area contributed by atoms with Crippen molar-refractivity contribution in [2.24, 2.45) is 0 Å². The molecule has 0 aromatic carbocycles. The first kappa shape index (κ1) is 14.6. The highest BCUT2D eigenvalue weighted by Crippen LogP contribution is 2.09. The molecule has 0 radical (unpaired) electrons. The van der Waals surface area contributed by atoms with Crippen LogP contribution in [-0.2, 0) is 4.74 Å². The highest BCUT2D eigenvalue weighted by molar-refractivity contribution is 5.84. The van der Waals surface area contributed by atoms with Gasteiger partial charge >= 0.3 is 6.09 Å². The Labute approximate surface area is 118 Å². The van der Waals surface area contributed by atoms with Crippen LogP contribution in [0.2, 0.25) is 0 Å². The lowest BCUT2D eigenvalue weighted by Crippen LogP contribution is -2.28. The van der Waals surface area contributed by atoms with Gasteiger partial charge in [0.05, 0.1) is 6.20 Å². The van der Waals surface area contributed by atoms with Gasteiger partial charge in [-0.1, -0.05) is 0 Å². The predicted octanol–water partition coefficient (Wildman–Crippen LogP) is 0.873. The third-order valence-corrected chi connectivity index (χ3v) is 2.18. The van der Waals surface area contributed by atoms with E-state index in [4.69, 9.17) is 4.74 Å². The van der Waals surface area contributed by atoms with Crippen molar-refractivity contribution in [3.8, 4) is 0 Å². The molecule has 0 saturated carbocycles. The summed E-state index contributed by atoms with van der Waals surface area (Å²) in [4.78, 5) is 47.9. The predicted molar refractivity (Wildman–Crippen MR) is 73.2 cm³/mol. The van der Waals surface area contributed by atoms with E-state index < -0.39 is 17.3 Å². The van der Waals surface area contributed by atoms with Crippen molar-refractivity contribution in [2.45, 2.75) is 26.4 Å². The van der Waals surface area contributed by atoms with Crippen molar-refractivity contribution in [3.05, 3.63) is 22.2 Å². The van der Waals surface area contributed by atoms with E-state index in [0.29, 0.717) is 6.29 Å². The number of carbonyl (C=O) groups is 2. The molecular formula is C12H13N5O4. The molecule has 2 rings (SSSR count). The fourth-order valence-corrected chi connectivity index (χ4v) is 1.45. The van der Waals surface area contributed by atoms with Gasteiger partial charge in [0.1, 0.15) is 11.3 Å². The van der Waals surface area contributed by atoms with E-state index >= 15 is 0 Å². The molecular weight excluding hydrogens is 278 g/mol. The maximum Gasteiger partial charge on any atom is 0.414 e. The Morgan fingerprint density at radius 1 is 1.38 bits per heavy atom. The van der Waals surface area contributed by atoms with Crippen LogP contribution < -0.4 is 10.9 Å². The van der Waals surface area contributed by atoms with Gasteiger partial charge in [-0.15, -0.1) is 0 Å². The zero-order valence-corrected chi connectivity index (χ0v) is 11.6. The lowest BCUT2D eigenvalue weighted by atomic mass is 10.2. The van der Waals surface area contributed by atoms with Crippen molar-refractivity contribution < 1.29 is 14.3 Å². The molecule has 21 heavy (non-hydrogen) atoms. The molecule has 9 nitrogen and oxygen atoms in total. The zero-order chi connectivity index (χ0) is 15.6. The number of nitrogens with zero attached hydrogens (tertiary/aromatic N) is 3. The van der Waals surface area contributed by atoms with Crippen LogP contribution in [0.15, 0.2) is 11.0 Å². The number of aromatic nitrogens is 4. The standard InChI is InChI=1S/C12H13N5O4/c1-12(2,3)21-11(20)17-10-15-8-7(9(19)16-10)14-6(5-18)4-13-8/h4-5H,1-3H3,(H2,13,15,16,17,19,20). The molecule has 2 N–H and O–H groups in total.